The number of aromatic nitrogens is 5. The van der Waals surface area contributed by atoms with Crippen LogP contribution < -0.4 is 16.9 Å². The van der Waals surface area contributed by atoms with E-state index in [0.29, 0.717) is 16.0 Å². The summed E-state index contributed by atoms with van der Waals surface area (Å²) in [5, 5.41) is 3.32. The second-order valence-corrected chi connectivity index (χ2v) is 5.39. The van der Waals surface area contributed by atoms with Crippen molar-refractivity contribution in [2.75, 3.05) is 5.73 Å². The van der Waals surface area contributed by atoms with Crippen LogP contribution >= 0.6 is 11.8 Å². The van der Waals surface area contributed by atoms with Crippen LogP contribution in [0.3, 0.4) is 0 Å². The first-order chi connectivity index (χ1) is 9.40. The van der Waals surface area contributed by atoms with Crippen LogP contribution in [0.1, 0.15) is 25.3 Å². The highest BCUT2D eigenvalue weighted by molar-refractivity contribution is 7.99. The Kier molecular flexibility index (Phi) is 3.89. The number of aryl methyl sites for hydroxylation is 1. The van der Waals surface area contributed by atoms with Gasteiger partial charge in [-0.15, -0.1) is 0 Å². The van der Waals surface area contributed by atoms with Gasteiger partial charge in [0.15, 0.2) is 5.16 Å². The average molecular weight is 294 g/mol. The van der Waals surface area contributed by atoms with Gasteiger partial charge in [-0.05, 0) is 17.7 Å². The van der Waals surface area contributed by atoms with Gasteiger partial charge in [0.05, 0.1) is 0 Å². The van der Waals surface area contributed by atoms with Gasteiger partial charge < -0.3 is 5.73 Å². The molecular formula is C11H14N6O2S. The molecule has 3 N–H and O–H groups in total. The van der Waals surface area contributed by atoms with Crippen LogP contribution in [0.25, 0.3) is 0 Å². The number of aromatic amines is 1. The highest BCUT2D eigenvalue weighted by Gasteiger charge is 2.16. The van der Waals surface area contributed by atoms with E-state index >= 15 is 0 Å². The molecule has 0 radical (unpaired) electrons. The minimum Gasteiger partial charge on any atom is -0.383 e. The van der Waals surface area contributed by atoms with Gasteiger partial charge in [-0.3, -0.25) is 19.4 Å². The molecule has 0 aliphatic carbocycles. The third kappa shape index (κ3) is 2.72. The quantitative estimate of drug-likeness (QED) is 0.609. The van der Waals surface area contributed by atoms with Crippen molar-refractivity contribution in [3.63, 3.8) is 0 Å². The third-order valence-electron chi connectivity index (χ3n) is 2.59. The first kappa shape index (κ1) is 14.3. The zero-order chi connectivity index (χ0) is 14.9. The van der Waals surface area contributed by atoms with Crippen molar-refractivity contribution in [1.29, 1.82) is 0 Å². The Labute approximate surface area is 118 Å². The number of hydrogen-bond donors (Lipinski definition) is 2. The molecule has 2 rings (SSSR count). The van der Waals surface area contributed by atoms with Crippen molar-refractivity contribution >= 4 is 17.6 Å². The molecule has 0 aromatic carbocycles. The Balaban J connectivity index is 2.51. The summed E-state index contributed by atoms with van der Waals surface area (Å²) in [5.74, 6) is 0.519. The molecule has 0 amide bonds. The predicted molar refractivity (Wildman–Crippen MR) is 74.8 cm³/mol. The van der Waals surface area contributed by atoms with Crippen molar-refractivity contribution in [2.45, 2.75) is 29.9 Å². The van der Waals surface area contributed by atoms with E-state index in [-0.39, 0.29) is 5.92 Å². The summed E-state index contributed by atoms with van der Waals surface area (Å²) >= 11 is 1.16. The first-order valence-electron chi connectivity index (χ1n) is 5.85. The molecule has 20 heavy (non-hydrogen) atoms. The standard InChI is InChI=1S/C11H14N6O2S/c1-5(2)6-7(12)13-4-14-10(6)20-11-15-8(18)9(19)16-17(11)3/h4-5H,1-3H3,(H,16,19)(H2,12,13,14). The highest BCUT2D eigenvalue weighted by atomic mass is 32.2. The molecule has 0 aliphatic heterocycles. The number of nitrogen functional groups attached to an aromatic ring is 1. The van der Waals surface area contributed by atoms with Crippen LogP contribution in [0.2, 0.25) is 0 Å². The Bertz CT molecular complexity index is 751. The molecule has 0 fully saturated rings. The van der Waals surface area contributed by atoms with Crippen molar-refractivity contribution in [1.82, 2.24) is 24.7 Å². The monoisotopic (exact) mass is 294 g/mol. The molecule has 0 saturated heterocycles. The number of nitrogens with two attached hydrogens (primary N) is 1. The summed E-state index contributed by atoms with van der Waals surface area (Å²) < 4.78 is 1.37. The molecule has 0 atom stereocenters. The summed E-state index contributed by atoms with van der Waals surface area (Å²) in [6.45, 7) is 3.94. The van der Waals surface area contributed by atoms with E-state index < -0.39 is 11.1 Å². The van der Waals surface area contributed by atoms with Crippen molar-refractivity contribution in [3.05, 3.63) is 32.6 Å². The summed E-state index contributed by atoms with van der Waals surface area (Å²) in [6, 6.07) is 0. The maximum atomic E-state index is 11.3. The lowest BCUT2D eigenvalue weighted by atomic mass is 10.1. The Hall–Kier alpha value is -2.16. The molecule has 9 heteroatoms. The zero-order valence-electron chi connectivity index (χ0n) is 11.2. The van der Waals surface area contributed by atoms with E-state index in [4.69, 9.17) is 5.73 Å². The van der Waals surface area contributed by atoms with Crippen molar-refractivity contribution in [2.24, 2.45) is 7.05 Å². The minimum absolute atomic E-state index is 0.124. The number of hydrogen-bond acceptors (Lipinski definition) is 7. The van der Waals surface area contributed by atoms with Gasteiger partial charge in [0.25, 0.3) is 0 Å². The number of H-pyrrole nitrogens is 1. The molecule has 0 bridgehead atoms. The molecule has 2 heterocycles. The SMILES string of the molecule is CC(C)c1c(N)ncnc1Sc1nc(=O)c(=O)[nH]n1C. The lowest BCUT2D eigenvalue weighted by molar-refractivity contribution is 0.595. The molecule has 106 valence electrons. The summed E-state index contributed by atoms with van der Waals surface area (Å²) in [5.41, 5.74) is 5.05. The largest absolute Gasteiger partial charge is 0.383 e. The van der Waals surface area contributed by atoms with E-state index in [0.717, 1.165) is 17.3 Å². The van der Waals surface area contributed by atoms with Gasteiger partial charge in [-0.25, -0.2) is 9.97 Å². The molecule has 8 nitrogen and oxygen atoms in total. The van der Waals surface area contributed by atoms with Crippen LogP contribution in [-0.2, 0) is 7.05 Å². The average Bonchev–Trinajstić information content (AvgIpc) is 2.35. The summed E-state index contributed by atoms with van der Waals surface area (Å²) in [4.78, 5) is 34.4. The molecule has 0 saturated carbocycles. The van der Waals surface area contributed by atoms with Crippen molar-refractivity contribution < 1.29 is 0 Å². The Morgan fingerprint density at radius 1 is 1.35 bits per heavy atom. The minimum atomic E-state index is -0.835. The van der Waals surface area contributed by atoms with E-state index in [1.807, 2.05) is 13.8 Å². The highest BCUT2D eigenvalue weighted by Crippen LogP contribution is 2.32. The van der Waals surface area contributed by atoms with E-state index in [9.17, 15) is 9.59 Å². The number of nitrogens with one attached hydrogen (secondary N) is 1. The van der Waals surface area contributed by atoms with Gasteiger partial charge in [0, 0.05) is 12.6 Å². The predicted octanol–water partition coefficient (Wildman–Crippen LogP) is 0.115. The fraction of sp³-hybridized carbons (Fsp3) is 0.364. The maximum absolute atomic E-state index is 11.3. The van der Waals surface area contributed by atoms with Crippen LogP contribution in [0.4, 0.5) is 5.82 Å². The van der Waals surface area contributed by atoms with E-state index in [1.165, 1.54) is 11.0 Å². The second kappa shape index (κ2) is 5.45. The number of nitrogens with zero attached hydrogens (tertiary/aromatic N) is 4. The summed E-state index contributed by atoms with van der Waals surface area (Å²) in [7, 11) is 1.59. The van der Waals surface area contributed by atoms with Gasteiger partial charge in [-0.2, -0.15) is 4.98 Å². The fourth-order valence-electron chi connectivity index (χ4n) is 1.65. The smallest absolute Gasteiger partial charge is 0.339 e. The topological polar surface area (TPSA) is 120 Å². The molecule has 2 aromatic rings. The van der Waals surface area contributed by atoms with Crippen LogP contribution in [0, 0.1) is 0 Å². The lowest BCUT2D eigenvalue weighted by Gasteiger charge is -2.13. The van der Waals surface area contributed by atoms with Gasteiger partial charge in [0.1, 0.15) is 17.2 Å². The van der Waals surface area contributed by atoms with Crippen LogP contribution in [0.5, 0.6) is 0 Å². The second-order valence-electron chi connectivity index (χ2n) is 4.43. The van der Waals surface area contributed by atoms with E-state index in [2.05, 4.69) is 20.1 Å². The fourth-order valence-corrected chi connectivity index (χ4v) is 2.69. The number of anilines is 1. The van der Waals surface area contributed by atoms with Gasteiger partial charge in [-0.1, -0.05) is 13.8 Å². The maximum Gasteiger partial charge on any atom is 0.339 e. The lowest BCUT2D eigenvalue weighted by Crippen LogP contribution is -2.33. The summed E-state index contributed by atoms with van der Waals surface area (Å²) in [6.07, 6.45) is 1.35. The zero-order valence-corrected chi connectivity index (χ0v) is 12.1. The Morgan fingerprint density at radius 2 is 2.05 bits per heavy atom. The van der Waals surface area contributed by atoms with Gasteiger partial charge >= 0.3 is 11.1 Å². The third-order valence-corrected chi connectivity index (χ3v) is 3.66. The molecular weight excluding hydrogens is 280 g/mol. The van der Waals surface area contributed by atoms with E-state index in [1.54, 1.807) is 7.05 Å². The number of rotatable bonds is 3. The molecule has 2 aromatic heterocycles. The molecule has 0 aliphatic rings. The normalized spacial score (nSPS) is 11.0. The Morgan fingerprint density at radius 3 is 2.70 bits per heavy atom. The molecule has 0 unspecified atom stereocenters. The van der Waals surface area contributed by atoms with Crippen LogP contribution in [0.15, 0.2) is 26.1 Å². The first-order valence-corrected chi connectivity index (χ1v) is 6.67. The molecule has 0 spiro atoms. The van der Waals surface area contributed by atoms with Crippen molar-refractivity contribution in [3.8, 4) is 0 Å². The van der Waals surface area contributed by atoms with Gasteiger partial charge in [0.2, 0.25) is 0 Å². The van der Waals surface area contributed by atoms with Crippen LogP contribution in [-0.4, -0.2) is 24.7 Å².